The fraction of sp³-hybridized carbons (Fsp3) is 0.800. The van der Waals surface area contributed by atoms with Crippen molar-refractivity contribution < 1.29 is 22.5 Å². The van der Waals surface area contributed by atoms with Gasteiger partial charge in [0.25, 0.3) is 0 Å². The van der Waals surface area contributed by atoms with Crippen LogP contribution in [0.1, 0.15) is 13.3 Å². The highest BCUT2D eigenvalue weighted by molar-refractivity contribution is 7.74. The Morgan fingerprint density at radius 2 is 2.27 bits per heavy atom. The molecule has 6 heteroatoms. The molecule has 66 valence electrons. The van der Waals surface area contributed by atoms with Crippen LogP contribution in [0.4, 0.5) is 0 Å². The zero-order valence-electron chi connectivity index (χ0n) is 6.11. The fourth-order valence-corrected chi connectivity index (χ4v) is 0.655. The van der Waals surface area contributed by atoms with Gasteiger partial charge in [0, 0.05) is 0 Å². The summed E-state index contributed by atoms with van der Waals surface area (Å²) in [5, 5.41) is 0. The first-order valence-corrected chi connectivity index (χ1v) is 4.09. The van der Waals surface area contributed by atoms with E-state index in [0.29, 0.717) is 6.61 Å². The van der Waals surface area contributed by atoms with E-state index in [1.54, 1.807) is 6.92 Å². The Labute approximate surface area is 67.2 Å². The molecule has 0 spiro atoms. The van der Waals surface area contributed by atoms with Crippen LogP contribution in [0.3, 0.4) is 0 Å². The molecule has 0 aromatic carbocycles. The summed E-state index contributed by atoms with van der Waals surface area (Å²) in [5.41, 5.74) is 0. The lowest BCUT2D eigenvalue weighted by Gasteiger charge is -1.99. The molecular weight excluding hydrogens is 172 g/mol. The molecule has 0 bridgehead atoms. The molecule has 0 radical (unpaired) electrons. The van der Waals surface area contributed by atoms with Gasteiger partial charge in [-0.1, -0.05) is 0 Å². The second-order valence-electron chi connectivity index (χ2n) is 1.59. The van der Waals surface area contributed by atoms with E-state index in [1.807, 2.05) is 0 Å². The van der Waals surface area contributed by atoms with E-state index in [1.165, 1.54) is 0 Å². The molecule has 0 aliphatic carbocycles. The van der Waals surface area contributed by atoms with E-state index < -0.39 is 17.3 Å². The molecule has 0 saturated heterocycles. The molecule has 0 aromatic rings. The summed E-state index contributed by atoms with van der Waals surface area (Å²) in [5.74, 6) is -0.432. The molecule has 1 N–H and O–H groups in total. The van der Waals surface area contributed by atoms with Crippen molar-refractivity contribution in [3.05, 3.63) is 0 Å². The van der Waals surface area contributed by atoms with Gasteiger partial charge in [-0.05, 0) is 6.92 Å². The van der Waals surface area contributed by atoms with Crippen molar-refractivity contribution >= 4 is 17.3 Å². The van der Waals surface area contributed by atoms with Crippen LogP contribution in [0.2, 0.25) is 0 Å². The molecule has 0 aliphatic heterocycles. The lowest BCUT2D eigenvalue weighted by molar-refractivity contribution is -0.143. The third-order valence-corrected chi connectivity index (χ3v) is 1.16. The van der Waals surface area contributed by atoms with Crippen molar-refractivity contribution in [3.8, 4) is 0 Å². The van der Waals surface area contributed by atoms with Gasteiger partial charge in [0.05, 0.1) is 19.6 Å². The maximum Gasteiger partial charge on any atom is 0.308 e. The quantitative estimate of drug-likeness (QED) is 0.482. The van der Waals surface area contributed by atoms with Crippen LogP contribution in [0.5, 0.6) is 0 Å². The van der Waals surface area contributed by atoms with Gasteiger partial charge in [-0.15, -0.1) is 0 Å². The highest BCUT2D eigenvalue weighted by atomic mass is 32.2. The number of hydrogen-bond donors (Lipinski definition) is 1. The van der Waals surface area contributed by atoms with Gasteiger partial charge in [-0.3, -0.25) is 13.5 Å². The topological polar surface area (TPSA) is 72.8 Å². The number of esters is 1. The van der Waals surface area contributed by atoms with E-state index >= 15 is 0 Å². The molecule has 0 rings (SSSR count). The van der Waals surface area contributed by atoms with Gasteiger partial charge in [-0.2, -0.15) is 4.21 Å². The summed E-state index contributed by atoms with van der Waals surface area (Å²) in [6, 6.07) is 0. The van der Waals surface area contributed by atoms with Gasteiger partial charge in [-0.25, -0.2) is 0 Å². The van der Waals surface area contributed by atoms with Crippen LogP contribution >= 0.6 is 0 Å². The Morgan fingerprint density at radius 3 is 2.73 bits per heavy atom. The van der Waals surface area contributed by atoms with E-state index in [2.05, 4.69) is 8.92 Å². The van der Waals surface area contributed by atoms with E-state index in [9.17, 15) is 9.00 Å². The molecule has 0 fully saturated rings. The molecule has 0 saturated carbocycles. The number of carbonyl (C=O) groups excluding carboxylic acids is 1. The van der Waals surface area contributed by atoms with Crippen molar-refractivity contribution in [3.63, 3.8) is 0 Å². The molecule has 5 nitrogen and oxygen atoms in total. The normalized spacial score (nSPS) is 12.5. The molecule has 1 atom stereocenters. The first kappa shape index (κ1) is 10.5. The lowest BCUT2D eigenvalue weighted by Crippen LogP contribution is -2.08. The highest BCUT2D eigenvalue weighted by Crippen LogP contribution is 1.88. The standard InChI is InChI=1S/C5H10O5S/c1-2-9-5(6)3-4-10-11(7)8/h2-4H2,1H3,(H,7,8). The van der Waals surface area contributed by atoms with Gasteiger partial charge < -0.3 is 4.74 Å². The van der Waals surface area contributed by atoms with Gasteiger partial charge in [0.15, 0.2) is 0 Å². The average Bonchev–Trinajstić information content (AvgIpc) is 1.87. The average molecular weight is 182 g/mol. The van der Waals surface area contributed by atoms with E-state index in [-0.39, 0.29) is 13.0 Å². The summed E-state index contributed by atoms with van der Waals surface area (Å²) in [6.07, 6.45) is 0.000139. The third kappa shape index (κ3) is 7.44. The minimum Gasteiger partial charge on any atom is -0.466 e. The predicted octanol–water partition coefficient (Wildman–Crippen LogP) is 0.0929. The number of carbonyl (C=O) groups is 1. The van der Waals surface area contributed by atoms with Crippen LogP contribution in [0.15, 0.2) is 0 Å². The van der Waals surface area contributed by atoms with E-state index in [4.69, 9.17) is 4.55 Å². The molecule has 11 heavy (non-hydrogen) atoms. The molecule has 1 unspecified atom stereocenters. The maximum atomic E-state index is 10.5. The molecule has 0 amide bonds. The highest BCUT2D eigenvalue weighted by Gasteiger charge is 2.02. The minimum absolute atomic E-state index is 0.000139. The number of rotatable bonds is 5. The SMILES string of the molecule is CCOC(=O)CCOS(=O)O. The van der Waals surface area contributed by atoms with Crippen LogP contribution in [0, 0.1) is 0 Å². The van der Waals surface area contributed by atoms with Crippen molar-refractivity contribution in [1.29, 1.82) is 0 Å². The summed E-state index contributed by atoms with van der Waals surface area (Å²) in [4.78, 5) is 10.5. The summed E-state index contributed by atoms with van der Waals surface area (Å²) in [6.45, 7) is 1.89. The Hall–Kier alpha value is -0.460. The van der Waals surface area contributed by atoms with Crippen molar-refractivity contribution in [1.82, 2.24) is 0 Å². The number of hydrogen-bond acceptors (Lipinski definition) is 4. The van der Waals surface area contributed by atoms with Gasteiger partial charge in [0.2, 0.25) is 0 Å². The van der Waals surface area contributed by atoms with Crippen LogP contribution in [-0.2, 0) is 25.1 Å². The summed E-state index contributed by atoms with van der Waals surface area (Å²) >= 11 is -2.29. The lowest BCUT2D eigenvalue weighted by atomic mass is 10.5. The largest absolute Gasteiger partial charge is 0.466 e. The Morgan fingerprint density at radius 1 is 1.64 bits per heavy atom. The number of ether oxygens (including phenoxy) is 1. The predicted molar refractivity (Wildman–Crippen MR) is 38.0 cm³/mol. The smallest absolute Gasteiger partial charge is 0.308 e. The third-order valence-electron chi connectivity index (χ3n) is 0.796. The molecule has 0 heterocycles. The monoisotopic (exact) mass is 182 g/mol. The summed E-state index contributed by atoms with van der Waals surface area (Å²) < 4.78 is 26.7. The zero-order chi connectivity index (χ0) is 8.69. The first-order chi connectivity index (χ1) is 5.16. The van der Waals surface area contributed by atoms with Crippen molar-refractivity contribution in [2.45, 2.75) is 13.3 Å². The molecule has 0 aromatic heterocycles. The van der Waals surface area contributed by atoms with Gasteiger partial charge >= 0.3 is 17.3 Å². The van der Waals surface area contributed by atoms with Crippen LogP contribution < -0.4 is 0 Å². The molecule has 0 aliphatic rings. The van der Waals surface area contributed by atoms with Crippen LogP contribution in [-0.4, -0.2) is 27.9 Å². The molecular formula is C5H10O5S. The maximum absolute atomic E-state index is 10.5. The Kier molecular flexibility index (Phi) is 6.00. The van der Waals surface area contributed by atoms with E-state index in [0.717, 1.165) is 0 Å². The Bertz CT molecular complexity index is 146. The van der Waals surface area contributed by atoms with Crippen molar-refractivity contribution in [2.24, 2.45) is 0 Å². The van der Waals surface area contributed by atoms with Crippen molar-refractivity contribution in [2.75, 3.05) is 13.2 Å². The van der Waals surface area contributed by atoms with Crippen LogP contribution in [0.25, 0.3) is 0 Å². The first-order valence-electron chi connectivity index (χ1n) is 3.06. The van der Waals surface area contributed by atoms with Gasteiger partial charge in [0.1, 0.15) is 0 Å². The second-order valence-corrected chi connectivity index (χ2v) is 2.26. The fourth-order valence-electron chi connectivity index (χ4n) is 0.429. The summed E-state index contributed by atoms with van der Waals surface area (Å²) in [7, 11) is 0. The zero-order valence-corrected chi connectivity index (χ0v) is 6.93. The Balaban J connectivity index is 3.24. The minimum atomic E-state index is -2.29. The second kappa shape index (κ2) is 6.26.